The van der Waals surface area contributed by atoms with Gasteiger partial charge in [-0.3, -0.25) is 67.1 Å². The Balaban J connectivity index is 0.000000534. The van der Waals surface area contributed by atoms with E-state index in [2.05, 4.69) is 52.6 Å². The molecule has 0 saturated carbocycles. The van der Waals surface area contributed by atoms with E-state index in [1.54, 1.807) is 32.9 Å². The number of nitrogens with two attached hydrogens (primary N) is 3. The SMILES string of the molecule is CC(CCCCNC(=O)c1ccc(NN)nc1)C(=O)Nc1cc2cc(c1)C(=O)N[C@H](C(C)C)C(=O)N(C)[C@@H](CCCN=C(N)N)C(=O)NCC(=O)N[C@@H](CC(=O)O)C(=O)NC2.O=C(O)CNC(CO)(CO)CO.O=S(=O)(O)c1cccc(P(c2cccc(S(=O)(=O)O)c2)c2cccc(S(=O)(=O)O)c2)c1.[99Tc]. The first-order valence-corrected chi connectivity index (χ1v) is 37.1. The molecule has 7 amide bonds. The molecule has 0 aliphatic carbocycles. The van der Waals surface area contributed by atoms with E-state index < -0.39 is 169 Å². The number of carboxylic acid groups (broad SMARTS) is 2. The normalized spacial score (nSPS) is 15.7. The number of anilines is 2. The van der Waals surface area contributed by atoms with Gasteiger partial charge in [-0.25, -0.2) is 10.8 Å². The topological polar surface area (TPSA) is 621 Å². The Bertz CT molecular complexity index is 4070. The maximum atomic E-state index is 14.0. The summed E-state index contributed by atoms with van der Waals surface area (Å²) in [6, 6.07) is 19.4. The number of carbonyl (C=O) groups is 9. The number of carbonyl (C=O) groups excluding carboxylic acids is 7. The number of nitrogens with zero attached hydrogens (tertiary/aromatic N) is 3. The molecule has 105 heavy (non-hydrogen) atoms. The molecule has 1 aliphatic heterocycles. The molecule has 42 heteroatoms. The van der Waals surface area contributed by atoms with Gasteiger partial charge in [0.25, 0.3) is 42.2 Å². The third-order valence-electron chi connectivity index (χ3n) is 15.3. The molecule has 1 aliphatic rings. The molecule has 2 heterocycles. The van der Waals surface area contributed by atoms with Crippen LogP contribution in [0.15, 0.2) is 129 Å². The number of aliphatic carboxylic acids is 2. The number of likely N-dealkylation sites (N-methyl/N-ethyl adjacent to an activating group) is 1. The van der Waals surface area contributed by atoms with E-state index in [0.29, 0.717) is 58.7 Å². The minimum atomic E-state index is -4.55. The number of benzene rings is 4. The molecule has 0 fully saturated rings. The van der Waals surface area contributed by atoms with E-state index in [0.717, 1.165) is 23.1 Å². The number of fused-ring (bicyclic) bond motifs is 2. The van der Waals surface area contributed by atoms with Crippen LogP contribution in [0.4, 0.5) is 11.5 Å². The minimum absolute atomic E-state index is 0. The average molecular weight is 1630 g/mol. The summed E-state index contributed by atoms with van der Waals surface area (Å²) in [7, 11) is -14.0. The van der Waals surface area contributed by atoms with E-state index in [1.165, 1.54) is 86.0 Å². The van der Waals surface area contributed by atoms with Gasteiger partial charge in [0.05, 0.1) is 65.1 Å². The molecule has 1 unspecified atom stereocenters. The summed E-state index contributed by atoms with van der Waals surface area (Å²) in [4.78, 5) is 123. The van der Waals surface area contributed by atoms with Gasteiger partial charge in [0, 0.05) is 70.2 Å². The maximum absolute atomic E-state index is 14.0. The number of nitrogens with one attached hydrogen (secondary N) is 8. The Morgan fingerprint density at radius 1 is 0.714 bits per heavy atom. The third-order valence-corrected chi connectivity index (χ3v) is 20.3. The van der Waals surface area contributed by atoms with Crippen molar-refractivity contribution in [3.8, 4) is 0 Å². The van der Waals surface area contributed by atoms with Crippen molar-refractivity contribution in [1.82, 2.24) is 41.8 Å². The summed E-state index contributed by atoms with van der Waals surface area (Å²) in [6.07, 6.45) is 2.53. The largest absolute Gasteiger partial charge is 0.481 e. The molecular formula is C63H85N14O23PS3Tc. The van der Waals surface area contributed by atoms with E-state index in [1.807, 2.05) is 0 Å². The van der Waals surface area contributed by atoms with Crippen molar-refractivity contribution in [3.05, 3.63) is 126 Å². The fraction of sp³-hybridized carbons (Fsp3) is 0.381. The summed E-state index contributed by atoms with van der Waals surface area (Å²) >= 11 is 0. The second kappa shape index (κ2) is 42.2. The summed E-state index contributed by atoms with van der Waals surface area (Å²) in [5.74, 6) is -2.40. The van der Waals surface area contributed by atoms with Gasteiger partial charge in [0.1, 0.15) is 23.9 Å². The number of carboxylic acids is 2. The Labute approximate surface area is 619 Å². The molecule has 2 bridgehead atoms. The molecule has 1 aromatic heterocycles. The average Bonchev–Trinajstić information content (AvgIpc) is 0.786. The summed E-state index contributed by atoms with van der Waals surface area (Å²) in [5, 5.41) is 62.9. The molecule has 0 saturated heterocycles. The molecule has 4 aromatic carbocycles. The number of aliphatic hydroxyl groups is 3. The van der Waals surface area contributed by atoms with Gasteiger partial charge in [-0.1, -0.05) is 63.6 Å². The molecule has 1 radical (unpaired) electrons. The number of guanidine groups is 1. The predicted molar refractivity (Wildman–Crippen MR) is 378 cm³/mol. The molecular weight excluding hydrogens is 1550 g/mol. The number of hydrazine groups is 1. The van der Waals surface area contributed by atoms with Crippen molar-refractivity contribution in [1.29, 1.82) is 0 Å². The number of rotatable bonds is 28. The van der Waals surface area contributed by atoms with Crippen LogP contribution >= 0.6 is 7.92 Å². The molecule has 5 aromatic rings. The maximum Gasteiger partial charge on any atom is 0.317 e. The zero-order chi connectivity index (χ0) is 77.9. The number of aliphatic imine (C=N–C) groups is 1. The standard InChI is InChI=1S/C39H57N13O9.C18H15O9PS3.C6H13NO5.Tc/c1-21(2)32-38(61)52(4)28(9-7-13-44-39(40)41)37(60)47-20-30(53)49-27(17-31(54)55)36(59)46-18-23-14-25(35(58)50-32)16-26(15-23)48-33(56)22(3)8-5-6-12-43-34(57)24-10-11-29(51-42)45-19-24;19-29(20,21)16-7-1-4-13(10-16)28(14-5-2-8-17(11-14)30(22,23)24)15-6-3-9-18(12-15)31(25,26)27;8-2-6(3-9,4-10)7-1-5(11)12;/h10-11,14-16,19,21-22,27-28,32H,5-9,12-13,17-18,20,42H2,1-4H3,(H,43,57)(H,45,51)(H,46,59)(H,47,60)(H,48,56)(H,49,53)(H,50,58)(H,54,55)(H4,40,41,44);1-12H,(H,19,20,21)(H,22,23,24)(H,25,26,27);7-10H,1-4H2,(H,11,12);/t22?,27-,28-,32+;;;/m0.../s1/i;;;1+1. The van der Waals surface area contributed by atoms with E-state index in [4.69, 9.17) is 37.7 Å². The summed E-state index contributed by atoms with van der Waals surface area (Å²) < 4.78 is 97.7. The molecule has 4 atom stereocenters. The number of aromatic nitrogens is 1. The third kappa shape index (κ3) is 29.4. The van der Waals surface area contributed by atoms with Crippen LogP contribution in [0.2, 0.25) is 0 Å². The smallest absolute Gasteiger partial charge is 0.317 e. The van der Waals surface area contributed by atoms with Gasteiger partial charge in [0.2, 0.25) is 29.5 Å². The van der Waals surface area contributed by atoms with Crippen molar-refractivity contribution in [2.75, 3.05) is 63.8 Å². The van der Waals surface area contributed by atoms with Crippen LogP contribution < -0.4 is 75.9 Å². The van der Waals surface area contributed by atoms with Crippen molar-refractivity contribution >= 4 is 125 Å². The van der Waals surface area contributed by atoms with Crippen molar-refractivity contribution in [2.24, 2.45) is 34.1 Å². The van der Waals surface area contributed by atoms with Gasteiger partial charge in [0.15, 0.2) is 5.96 Å². The van der Waals surface area contributed by atoms with Gasteiger partial charge in [-0.05, 0) is 128 Å². The van der Waals surface area contributed by atoms with Gasteiger partial charge < -0.3 is 79.2 Å². The number of nitrogen functional groups attached to an aromatic ring is 1. The van der Waals surface area contributed by atoms with Crippen LogP contribution in [0.25, 0.3) is 0 Å². The van der Waals surface area contributed by atoms with E-state index in [-0.39, 0.29) is 75.1 Å². The molecule has 37 nitrogen and oxygen atoms in total. The fourth-order valence-corrected chi connectivity index (χ4v) is 13.8. The van der Waals surface area contributed by atoms with Crippen LogP contribution in [-0.4, -0.2) is 210 Å². The summed E-state index contributed by atoms with van der Waals surface area (Å²) in [5.41, 5.74) is 12.8. The number of hydrogen-bond donors (Lipinski definition) is 19. The van der Waals surface area contributed by atoms with Gasteiger partial charge in [-0.2, -0.15) is 25.3 Å². The second-order valence-electron chi connectivity index (χ2n) is 23.7. The fourth-order valence-electron chi connectivity index (χ4n) is 9.60. The van der Waals surface area contributed by atoms with Gasteiger partial charge >= 0.3 is 11.9 Å². The molecule has 22 N–H and O–H groups in total. The van der Waals surface area contributed by atoms with Crippen LogP contribution in [0.5, 0.6) is 0 Å². The minimum Gasteiger partial charge on any atom is -0.481 e. The van der Waals surface area contributed by atoms with Crippen molar-refractivity contribution in [3.63, 3.8) is 0 Å². The van der Waals surface area contributed by atoms with Gasteiger partial charge in [-0.15, -0.1) is 0 Å². The predicted octanol–water partition coefficient (Wildman–Crippen LogP) is -2.56. The first kappa shape index (κ1) is 90.2. The Hall–Kier alpha value is -9.06. The number of aliphatic hydroxyl groups excluding tert-OH is 3. The Morgan fingerprint density at radius 3 is 1.72 bits per heavy atom. The van der Waals surface area contributed by atoms with E-state index >= 15 is 0 Å². The summed E-state index contributed by atoms with van der Waals surface area (Å²) in [6.45, 7) is 2.73. The Kier molecular flexibility index (Phi) is 36.2. The van der Waals surface area contributed by atoms with E-state index in [9.17, 15) is 87.2 Å². The van der Waals surface area contributed by atoms with Crippen molar-refractivity contribution < 1.29 is 128 Å². The van der Waals surface area contributed by atoms with Crippen LogP contribution in [0.3, 0.4) is 0 Å². The first-order chi connectivity index (χ1) is 48.8. The van der Waals surface area contributed by atoms with Crippen LogP contribution in [-0.2, 0) is 90.6 Å². The van der Waals surface area contributed by atoms with Crippen LogP contribution in [0.1, 0.15) is 85.6 Å². The molecule has 0 spiro atoms. The number of amides is 7. The Morgan fingerprint density at radius 2 is 1.26 bits per heavy atom. The number of unbranched alkanes of at least 4 members (excludes halogenated alkanes) is 1. The number of hydrogen-bond acceptors (Lipinski definition) is 23. The molecule has 6 rings (SSSR count). The zero-order valence-corrected chi connectivity index (χ0v) is 62.2. The molecule has 575 valence electrons. The quantitative estimate of drug-likeness (QED) is 0.00466. The number of pyridine rings is 1. The first-order valence-electron chi connectivity index (χ1n) is 31.4. The zero-order valence-electron chi connectivity index (χ0n) is 57.0. The second-order valence-corrected chi connectivity index (χ2v) is 30.1. The van der Waals surface area contributed by atoms with Crippen LogP contribution in [0, 0.1) is 11.8 Å². The van der Waals surface area contributed by atoms with Crippen molar-refractivity contribution in [2.45, 2.75) is 104 Å². The monoisotopic (exact) mass is 1630 g/mol.